The number of aryl methyl sites for hydroxylation is 2. The van der Waals surface area contributed by atoms with Gasteiger partial charge >= 0.3 is 0 Å². The van der Waals surface area contributed by atoms with E-state index in [-0.39, 0.29) is 11.5 Å². The van der Waals surface area contributed by atoms with Gasteiger partial charge in [-0.3, -0.25) is 0 Å². The quantitative estimate of drug-likeness (QED) is 0.928. The van der Waals surface area contributed by atoms with Gasteiger partial charge in [-0.15, -0.1) is 11.3 Å². The Kier molecular flexibility index (Phi) is 3.60. The minimum Gasteiger partial charge on any atom is -0.208 e. The Balaban J connectivity index is 2.16. The zero-order valence-corrected chi connectivity index (χ0v) is 13.0. The SMILES string of the molecule is Cc1cc(S(=O)(=O)NC2CCC(C)(C)C2)c(C)s1. The minimum absolute atomic E-state index is 0.0876. The van der Waals surface area contributed by atoms with Crippen LogP contribution in [-0.2, 0) is 10.0 Å². The van der Waals surface area contributed by atoms with Crippen LogP contribution in [0, 0.1) is 19.3 Å². The lowest BCUT2D eigenvalue weighted by Crippen LogP contribution is -2.33. The lowest BCUT2D eigenvalue weighted by Gasteiger charge is -2.17. The van der Waals surface area contributed by atoms with Gasteiger partial charge in [0.15, 0.2) is 0 Å². The molecule has 0 radical (unpaired) electrons. The first kappa shape index (κ1) is 14.0. The molecule has 0 aromatic carbocycles. The van der Waals surface area contributed by atoms with Crippen molar-refractivity contribution in [1.29, 1.82) is 0 Å². The van der Waals surface area contributed by atoms with Gasteiger partial charge < -0.3 is 0 Å². The molecule has 1 saturated carbocycles. The molecule has 1 aliphatic carbocycles. The highest BCUT2D eigenvalue weighted by Crippen LogP contribution is 2.37. The predicted molar refractivity (Wildman–Crippen MR) is 75.5 cm³/mol. The fourth-order valence-electron chi connectivity index (χ4n) is 2.69. The van der Waals surface area contributed by atoms with Crippen molar-refractivity contribution in [3.05, 3.63) is 15.8 Å². The largest absolute Gasteiger partial charge is 0.241 e. The molecule has 1 N–H and O–H groups in total. The number of nitrogens with one attached hydrogen (secondary N) is 1. The molecule has 1 atom stereocenters. The van der Waals surface area contributed by atoms with Crippen LogP contribution in [0.5, 0.6) is 0 Å². The summed E-state index contributed by atoms with van der Waals surface area (Å²) in [6, 6.07) is 1.85. The normalized spacial score (nSPS) is 23.4. The van der Waals surface area contributed by atoms with Crippen molar-refractivity contribution in [3.63, 3.8) is 0 Å². The van der Waals surface area contributed by atoms with E-state index in [1.165, 1.54) is 11.3 Å². The van der Waals surface area contributed by atoms with Crippen molar-refractivity contribution in [3.8, 4) is 0 Å². The van der Waals surface area contributed by atoms with Gasteiger partial charge in [0.2, 0.25) is 10.0 Å². The Hall–Kier alpha value is -0.390. The van der Waals surface area contributed by atoms with Crippen molar-refractivity contribution < 1.29 is 8.42 Å². The molecule has 0 bridgehead atoms. The second-order valence-electron chi connectivity index (χ2n) is 6.00. The highest BCUT2D eigenvalue weighted by molar-refractivity contribution is 7.89. The van der Waals surface area contributed by atoms with E-state index in [9.17, 15) is 8.42 Å². The zero-order chi connectivity index (χ0) is 13.6. The summed E-state index contributed by atoms with van der Waals surface area (Å²) in [6.07, 6.45) is 2.95. The summed E-state index contributed by atoms with van der Waals surface area (Å²) < 4.78 is 27.5. The van der Waals surface area contributed by atoms with Crippen molar-refractivity contribution in [2.75, 3.05) is 0 Å². The van der Waals surface area contributed by atoms with E-state index in [0.717, 1.165) is 29.0 Å². The van der Waals surface area contributed by atoms with Crippen LogP contribution in [0.3, 0.4) is 0 Å². The summed E-state index contributed by atoms with van der Waals surface area (Å²) in [7, 11) is -3.34. The molecule has 3 nitrogen and oxygen atoms in total. The van der Waals surface area contributed by atoms with Gasteiger partial charge in [0, 0.05) is 15.8 Å². The average Bonchev–Trinajstić information content (AvgIpc) is 2.69. The summed E-state index contributed by atoms with van der Waals surface area (Å²) in [6.45, 7) is 8.20. The third-order valence-corrected chi connectivity index (χ3v) is 6.32. The molecule has 5 heteroatoms. The average molecular weight is 287 g/mol. The highest BCUT2D eigenvalue weighted by atomic mass is 32.2. The van der Waals surface area contributed by atoms with Gasteiger partial charge in [0.25, 0.3) is 0 Å². The van der Waals surface area contributed by atoms with Crippen molar-refractivity contribution in [1.82, 2.24) is 4.72 Å². The Morgan fingerprint density at radius 2 is 2.06 bits per heavy atom. The number of hydrogen-bond donors (Lipinski definition) is 1. The Morgan fingerprint density at radius 3 is 2.50 bits per heavy atom. The molecule has 18 heavy (non-hydrogen) atoms. The fraction of sp³-hybridized carbons (Fsp3) is 0.692. The van der Waals surface area contributed by atoms with Crippen LogP contribution in [0.15, 0.2) is 11.0 Å². The number of thiophene rings is 1. The van der Waals surface area contributed by atoms with Gasteiger partial charge in [0.05, 0.1) is 4.90 Å². The third-order valence-electron chi connectivity index (χ3n) is 3.58. The van der Waals surface area contributed by atoms with Crippen molar-refractivity contribution in [2.24, 2.45) is 5.41 Å². The summed E-state index contributed by atoms with van der Waals surface area (Å²) in [5, 5.41) is 0. The Morgan fingerprint density at radius 1 is 1.39 bits per heavy atom. The van der Waals surface area contributed by atoms with Crippen molar-refractivity contribution >= 4 is 21.4 Å². The summed E-state index contributed by atoms with van der Waals surface area (Å²) in [5.74, 6) is 0. The second kappa shape index (κ2) is 4.62. The first-order valence-electron chi connectivity index (χ1n) is 6.29. The number of sulfonamides is 1. The molecule has 1 aliphatic rings. The molecule has 2 rings (SSSR count). The highest BCUT2D eigenvalue weighted by Gasteiger charge is 2.34. The van der Waals surface area contributed by atoms with E-state index in [4.69, 9.17) is 0 Å². The maximum atomic E-state index is 12.3. The van der Waals surface area contributed by atoms with E-state index in [1.54, 1.807) is 6.07 Å². The lowest BCUT2D eigenvalue weighted by molar-refractivity contribution is 0.372. The maximum absolute atomic E-state index is 12.3. The molecule has 1 aromatic rings. The van der Waals surface area contributed by atoms with Gasteiger partial charge in [-0.2, -0.15) is 0 Å². The number of hydrogen-bond acceptors (Lipinski definition) is 3. The van der Waals surface area contributed by atoms with Crippen LogP contribution < -0.4 is 4.72 Å². The molecule has 1 aromatic heterocycles. The topological polar surface area (TPSA) is 46.2 Å². The zero-order valence-electron chi connectivity index (χ0n) is 11.4. The molecule has 1 unspecified atom stereocenters. The standard InChI is InChI=1S/C13H21NO2S2/c1-9-7-12(10(2)17-9)18(15,16)14-11-5-6-13(3,4)8-11/h7,11,14H,5-6,8H2,1-4H3. The van der Waals surface area contributed by atoms with Crippen LogP contribution in [-0.4, -0.2) is 14.5 Å². The molecule has 0 spiro atoms. The van der Waals surface area contributed by atoms with E-state index >= 15 is 0 Å². The first-order chi connectivity index (χ1) is 8.20. The first-order valence-corrected chi connectivity index (χ1v) is 8.59. The van der Waals surface area contributed by atoms with Gasteiger partial charge in [-0.25, -0.2) is 13.1 Å². The molecule has 1 fully saturated rings. The van der Waals surface area contributed by atoms with Gasteiger partial charge in [0.1, 0.15) is 0 Å². The molecule has 102 valence electrons. The van der Waals surface area contributed by atoms with Gasteiger partial charge in [-0.1, -0.05) is 13.8 Å². The second-order valence-corrected chi connectivity index (χ2v) is 9.15. The molecule has 0 amide bonds. The van der Waals surface area contributed by atoms with Crippen molar-refractivity contribution in [2.45, 2.75) is 57.9 Å². The van der Waals surface area contributed by atoms with E-state index in [2.05, 4.69) is 18.6 Å². The molecule has 0 saturated heterocycles. The molecule has 0 aliphatic heterocycles. The number of rotatable bonds is 3. The maximum Gasteiger partial charge on any atom is 0.241 e. The summed E-state index contributed by atoms with van der Waals surface area (Å²) in [4.78, 5) is 2.37. The third kappa shape index (κ3) is 2.95. The Labute approximate surface area is 114 Å². The summed E-state index contributed by atoms with van der Waals surface area (Å²) >= 11 is 1.53. The van der Waals surface area contributed by atoms with Crippen LogP contribution >= 0.6 is 11.3 Å². The molecule has 1 heterocycles. The fourth-order valence-corrected chi connectivity index (χ4v) is 5.52. The molecular weight excluding hydrogens is 266 g/mol. The van der Waals surface area contributed by atoms with Crippen LogP contribution in [0.25, 0.3) is 0 Å². The Bertz CT molecular complexity index is 543. The van der Waals surface area contributed by atoms with E-state index < -0.39 is 10.0 Å². The van der Waals surface area contributed by atoms with Crippen LogP contribution in [0.2, 0.25) is 0 Å². The van der Waals surface area contributed by atoms with E-state index in [0.29, 0.717) is 4.90 Å². The minimum atomic E-state index is -3.34. The lowest BCUT2D eigenvalue weighted by atomic mass is 9.92. The summed E-state index contributed by atoms with van der Waals surface area (Å²) in [5.41, 5.74) is 0.257. The predicted octanol–water partition coefficient (Wildman–Crippen LogP) is 3.22. The molecular formula is C13H21NO2S2. The van der Waals surface area contributed by atoms with E-state index in [1.807, 2.05) is 13.8 Å². The van der Waals surface area contributed by atoms with Gasteiger partial charge in [-0.05, 0) is 44.6 Å². The van der Waals surface area contributed by atoms with Crippen LogP contribution in [0.4, 0.5) is 0 Å². The monoisotopic (exact) mass is 287 g/mol. The van der Waals surface area contributed by atoms with Crippen LogP contribution in [0.1, 0.15) is 42.9 Å². The smallest absolute Gasteiger partial charge is 0.208 e.